The Hall–Kier alpha value is -2.22. The molecule has 154 valence electrons. The number of hydrogen-bond donors (Lipinski definition) is 1. The minimum absolute atomic E-state index is 0.0156. The molecule has 6 nitrogen and oxygen atoms in total. The van der Waals surface area contributed by atoms with Crippen LogP contribution in [0.5, 0.6) is 0 Å². The van der Waals surface area contributed by atoms with Crippen LogP contribution in [0.15, 0.2) is 59.5 Å². The predicted octanol–water partition coefficient (Wildman–Crippen LogP) is 2.46. The van der Waals surface area contributed by atoms with Gasteiger partial charge in [0.2, 0.25) is 15.9 Å². The maximum atomic E-state index is 13.4. The highest BCUT2D eigenvalue weighted by Crippen LogP contribution is 2.29. The molecule has 0 aromatic heterocycles. The molecule has 2 atom stereocenters. The van der Waals surface area contributed by atoms with Crippen molar-refractivity contribution in [1.29, 1.82) is 0 Å². The number of carbonyl (C=O) groups is 1. The van der Waals surface area contributed by atoms with Gasteiger partial charge in [0.05, 0.1) is 4.90 Å². The summed E-state index contributed by atoms with van der Waals surface area (Å²) in [6, 6.07) is 16.1. The second kappa shape index (κ2) is 8.26. The fourth-order valence-corrected chi connectivity index (χ4v) is 5.87. The summed E-state index contributed by atoms with van der Waals surface area (Å²) in [5.74, 6) is -0.109. The molecule has 0 radical (unpaired) electrons. The second-order valence-electron chi connectivity index (χ2n) is 7.85. The largest absolute Gasteiger partial charge is 0.340 e. The fraction of sp³-hybridized carbons (Fsp3) is 0.409. The summed E-state index contributed by atoms with van der Waals surface area (Å²) in [4.78, 5) is 15.0. The van der Waals surface area contributed by atoms with Crippen molar-refractivity contribution in [3.8, 4) is 11.1 Å². The Bertz CT molecular complexity index is 961. The molecular weight excluding hydrogens is 386 g/mol. The zero-order valence-corrected chi connectivity index (χ0v) is 17.2. The molecule has 2 N–H and O–H groups in total. The summed E-state index contributed by atoms with van der Waals surface area (Å²) in [6.45, 7) is 1.49. The first-order chi connectivity index (χ1) is 14.0. The van der Waals surface area contributed by atoms with Crippen molar-refractivity contribution in [2.24, 2.45) is 5.73 Å². The average Bonchev–Trinajstić information content (AvgIpc) is 3.20. The molecule has 7 heteroatoms. The minimum atomic E-state index is -3.74. The second-order valence-corrected chi connectivity index (χ2v) is 9.74. The van der Waals surface area contributed by atoms with Crippen LogP contribution in [0.4, 0.5) is 0 Å². The lowest BCUT2D eigenvalue weighted by atomic mass is 10.0. The van der Waals surface area contributed by atoms with Crippen molar-refractivity contribution in [2.75, 3.05) is 19.6 Å². The van der Waals surface area contributed by atoms with E-state index < -0.39 is 16.1 Å². The highest BCUT2D eigenvalue weighted by Gasteiger charge is 2.40. The molecule has 0 bridgehead atoms. The van der Waals surface area contributed by atoms with Gasteiger partial charge in [0.15, 0.2) is 0 Å². The van der Waals surface area contributed by atoms with Gasteiger partial charge in [-0.3, -0.25) is 4.79 Å². The van der Waals surface area contributed by atoms with E-state index in [1.54, 1.807) is 17.0 Å². The Morgan fingerprint density at radius 2 is 1.59 bits per heavy atom. The first kappa shape index (κ1) is 20.1. The van der Waals surface area contributed by atoms with Gasteiger partial charge in [-0.2, -0.15) is 4.31 Å². The number of piperidine rings is 1. The normalized spacial score (nSPS) is 23.3. The number of benzene rings is 2. The van der Waals surface area contributed by atoms with Gasteiger partial charge in [0.25, 0.3) is 0 Å². The van der Waals surface area contributed by atoms with Crippen molar-refractivity contribution >= 4 is 15.9 Å². The third-order valence-electron chi connectivity index (χ3n) is 5.84. The molecule has 2 aliphatic heterocycles. The Kier molecular flexibility index (Phi) is 5.72. The van der Waals surface area contributed by atoms with Crippen LogP contribution < -0.4 is 5.73 Å². The van der Waals surface area contributed by atoms with E-state index in [-0.39, 0.29) is 16.8 Å². The Balaban J connectivity index is 1.58. The molecule has 4 rings (SSSR count). The van der Waals surface area contributed by atoms with Gasteiger partial charge in [0, 0.05) is 25.7 Å². The highest BCUT2D eigenvalue weighted by atomic mass is 32.2. The molecule has 2 aromatic rings. The standard InChI is InChI=1S/C22H27N3O3S/c23-19-13-15-24(16-19)22(26)21-8-4-5-14-25(21)29(27,28)20-11-9-18(10-12-20)17-6-2-1-3-7-17/h1-3,6-7,9-12,19,21H,4-5,8,13-16,23H2/t19-,21+/m1/s1. The van der Waals surface area contributed by atoms with Crippen molar-refractivity contribution in [2.45, 2.75) is 42.7 Å². The van der Waals surface area contributed by atoms with Crippen molar-refractivity contribution < 1.29 is 13.2 Å². The van der Waals surface area contributed by atoms with Gasteiger partial charge in [-0.05, 0) is 42.5 Å². The molecule has 0 saturated carbocycles. The maximum Gasteiger partial charge on any atom is 0.243 e. The summed E-state index contributed by atoms with van der Waals surface area (Å²) in [5.41, 5.74) is 7.94. The molecule has 2 fully saturated rings. The molecule has 1 amide bonds. The van der Waals surface area contributed by atoms with E-state index in [0.29, 0.717) is 26.1 Å². The maximum absolute atomic E-state index is 13.4. The van der Waals surface area contributed by atoms with Gasteiger partial charge in [-0.15, -0.1) is 0 Å². The van der Waals surface area contributed by atoms with Crippen LogP contribution in [0, 0.1) is 0 Å². The van der Waals surface area contributed by atoms with Crippen LogP contribution in [-0.2, 0) is 14.8 Å². The topological polar surface area (TPSA) is 83.7 Å². The summed E-state index contributed by atoms with van der Waals surface area (Å²) < 4.78 is 28.1. The molecule has 29 heavy (non-hydrogen) atoms. The highest BCUT2D eigenvalue weighted by molar-refractivity contribution is 7.89. The van der Waals surface area contributed by atoms with E-state index in [1.165, 1.54) is 4.31 Å². The first-order valence-electron chi connectivity index (χ1n) is 10.2. The Labute approximate surface area is 172 Å². The Morgan fingerprint density at radius 1 is 0.897 bits per heavy atom. The van der Waals surface area contributed by atoms with Crippen molar-refractivity contribution in [1.82, 2.24) is 9.21 Å². The summed E-state index contributed by atoms with van der Waals surface area (Å²) >= 11 is 0. The van der Waals surface area contributed by atoms with Gasteiger partial charge >= 0.3 is 0 Å². The summed E-state index contributed by atoms with van der Waals surface area (Å²) in [5, 5.41) is 0. The third kappa shape index (κ3) is 4.08. The molecule has 2 aromatic carbocycles. The quantitative estimate of drug-likeness (QED) is 0.835. The van der Waals surface area contributed by atoms with E-state index in [0.717, 1.165) is 30.4 Å². The number of sulfonamides is 1. The number of amides is 1. The van der Waals surface area contributed by atoms with E-state index in [1.807, 2.05) is 42.5 Å². The van der Waals surface area contributed by atoms with Crippen molar-refractivity contribution in [3.63, 3.8) is 0 Å². The number of nitrogens with zero attached hydrogens (tertiary/aromatic N) is 2. The summed E-state index contributed by atoms with van der Waals surface area (Å²) in [7, 11) is -3.74. The lowest BCUT2D eigenvalue weighted by molar-refractivity contribution is -0.135. The van der Waals surface area contributed by atoms with Gasteiger partial charge in [-0.1, -0.05) is 48.9 Å². The molecule has 0 spiro atoms. The molecule has 2 aliphatic rings. The average molecular weight is 414 g/mol. The molecule has 0 unspecified atom stereocenters. The molecule has 2 saturated heterocycles. The molecule has 2 heterocycles. The number of hydrogen-bond acceptors (Lipinski definition) is 4. The lowest BCUT2D eigenvalue weighted by Gasteiger charge is -2.35. The van der Waals surface area contributed by atoms with Gasteiger partial charge in [-0.25, -0.2) is 8.42 Å². The predicted molar refractivity (Wildman–Crippen MR) is 113 cm³/mol. The Morgan fingerprint density at radius 3 is 2.24 bits per heavy atom. The van der Waals surface area contributed by atoms with Crippen LogP contribution >= 0.6 is 0 Å². The van der Waals surface area contributed by atoms with E-state index >= 15 is 0 Å². The third-order valence-corrected chi connectivity index (χ3v) is 7.77. The van der Waals surface area contributed by atoms with Gasteiger partial charge < -0.3 is 10.6 Å². The SMILES string of the molecule is N[C@@H]1CCN(C(=O)[C@@H]2CCCCN2S(=O)(=O)c2ccc(-c3ccccc3)cc2)C1. The van der Waals surface area contributed by atoms with Crippen LogP contribution in [0.2, 0.25) is 0 Å². The summed E-state index contributed by atoms with van der Waals surface area (Å²) in [6.07, 6.45) is 2.96. The zero-order chi connectivity index (χ0) is 20.4. The van der Waals surface area contributed by atoms with Gasteiger partial charge in [0.1, 0.15) is 6.04 Å². The van der Waals surface area contributed by atoms with E-state index in [4.69, 9.17) is 5.73 Å². The number of likely N-dealkylation sites (tertiary alicyclic amines) is 1. The molecule has 0 aliphatic carbocycles. The van der Waals surface area contributed by atoms with Crippen molar-refractivity contribution in [3.05, 3.63) is 54.6 Å². The zero-order valence-electron chi connectivity index (χ0n) is 16.4. The van der Waals surface area contributed by atoms with Crippen LogP contribution in [0.3, 0.4) is 0 Å². The smallest absolute Gasteiger partial charge is 0.243 e. The first-order valence-corrected chi connectivity index (χ1v) is 11.6. The van der Waals surface area contributed by atoms with Crippen LogP contribution in [0.25, 0.3) is 11.1 Å². The molecular formula is C22H27N3O3S. The van der Waals surface area contributed by atoms with Crippen LogP contribution in [0.1, 0.15) is 25.7 Å². The van der Waals surface area contributed by atoms with E-state index in [2.05, 4.69) is 0 Å². The number of rotatable bonds is 4. The fourth-order valence-electron chi connectivity index (χ4n) is 4.22. The minimum Gasteiger partial charge on any atom is -0.340 e. The number of carbonyl (C=O) groups excluding carboxylic acids is 1. The number of nitrogens with two attached hydrogens (primary N) is 1. The lowest BCUT2D eigenvalue weighted by Crippen LogP contribution is -2.52. The van der Waals surface area contributed by atoms with E-state index in [9.17, 15) is 13.2 Å². The monoisotopic (exact) mass is 413 g/mol. The van der Waals surface area contributed by atoms with Crippen LogP contribution in [-0.4, -0.2) is 55.2 Å².